The van der Waals surface area contributed by atoms with E-state index in [9.17, 15) is 14.7 Å². The van der Waals surface area contributed by atoms with Gasteiger partial charge in [0, 0.05) is 18.8 Å². The molecular formula is C17H12N2O3. The molecule has 22 heavy (non-hydrogen) atoms. The Morgan fingerprint density at radius 3 is 2.45 bits per heavy atom. The minimum Gasteiger partial charge on any atom is -0.505 e. The number of aromatic nitrogens is 1. The Bertz CT molecular complexity index is 836. The van der Waals surface area contributed by atoms with Crippen LogP contribution in [0.3, 0.4) is 0 Å². The lowest BCUT2D eigenvalue weighted by Crippen LogP contribution is -2.29. The summed E-state index contributed by atoms with van der Waals surface area (Å²) < 4.78 is 0. The largest absolute Gasteiger partial charge is 0.505 e. The third kappa shape index (κ3) is 2.03. The van der Waals surface area contributed by atoms with E-state index in [1.165, 1.54) is 19.3 Å². The van der Waals surface area contributed by atoms with Crippen molar-refractivity contribution in [3.63, 3.8) is 0 Å². The van der Waals surface area contributed by atoms with Crippen LogP contribution >= 0.6 is 0 Å². The maximum Gasteiger partial charge on any atom is 0.239 e. The summed E-state index contributed by atoms with van der Waals surface area (Å²) in [6.45, 7) is 0. The molecule has 0 unspecified atom stereocenters. The van der Waals surface area contributed by atoms with Gasteiger partial charge in [-0.15, -0.1) is 0 Å². The summed E-state index contributed by atoms with van der Waals surface area (Å²) in [4.78, 5) is 32.7. The number of Topliss-reactive ketones (excluding diaryl/α,β-unsaturated/α-hetero) is 2. The molecule has 3 rings (SSSR count). The number of allylic oxidation sites excluding steroid dienone is 1. The van der Waals surface area contributed by atoms with Gasteiger partial charge in [0.25, 0.3) is 0 Å². The molecule has 1 N–H and O–H groups in total. The van der Waals surface area contributed by atoms with Crippen molar-refractivity contribution in [1.82, 2.24) is 4.98 Å². The number of rotatable bonds is 2. The van der Waals surface area contributed by atoms with Crippen LogP contribution in [0, 0.1) is 0 Å². The molecule has 1 heterocycles. The molecule has 2 aromatic rings. The zero-order valence-electron chi connectivity index (χ0n) is 11.8. The first-order chi connectivity index (χ1) is 10.6. The molecule has 5 heteroatoms. The number of pyridine rings is 1. The van der Waals surface area contributed by atoms with Gasteiger partial charge in [0.05, 0.1) is 16.8 Å². The molecule has 0 saturated heterocycles. The SMILES string of the molecule is CN=C(C1=C(O)c2ncccc2C(=O)C1=O)c1ccccc1. The second kappa shape index (κ2) is 5.37. The zero-order chi connectivity index (χ0) is 15.7. The van der Waals surface area contributed by atoms with Crippen molar-refractivity contribution >= 4 is 23.0 Å². The lowest BCUT2D eigenvalue weighted by molar-refractivity contribution is -0.111. The molecule has 0 amide bonds. The molecule has 1 aromatic carbocycles. The molecule has 0 spiro atoms. The van der Waals surface area contributed by atoms with Crippen LogP contribution in [0.4, 0.5) is 0 Å². The minimum absolute atomic E-state index is 0.107. The minimum atomic E-state index is -0.776. The number of ketones is 2. The van der Waals surface area contributed by atoms with Crippen molar-refractivity contribution in [2.24, 2.45) is 4.99 Å². The van der Waals surface area contributed by atoms with E-state index < -0.39 is 11.6 Å². The molecule has 0 radical (unpaired) electrons. The summed E-state index contributed by atoms with van der Waals surface area (Å²) in [6.07, 6.45) is 1.46. The van der Waals surface area contributed by atoms with Crippen LogP contribution in [-0.4, -0.2) is 34.4 Å². The molecule has 0 aliphatic heterocycles. The van der Waals surface area contributed by atoms with Crippen molar-refractivity contribution in [3.05, 3.63) is 71.1 Å². The predicted octanol–water partition coefficient (Wildman–Crippen LogP) is 2.24. The van der Waals surface area contributed by atoms with Gasteiger partial charge in [-0.25, -0.2) is 0 Å². The number of hydrogen-bond donors (Lipinski definition) is 1. The van der Waals surface area contributed by atoms with E-state index in [0.29, 0.717) is 5.56 Å². The Labute approximate surface area is 126 Å². The van der Waals surface area contributed by atoms with E-state index in [4.69, 9.17) is 0 Å². The molecule has 0 saturated carbocycles. The van der Waals surface area contributed by atoms with Gasteiger partial charge in [0.2, 0.25) is 11.6 Å². The van der Waals surface area contributed by atoms with Crippen molar-refractivity contribution in [2.75, 3.05) is 7.05 Å². The topological polar surface area (TPSA) is 79.6 Å². The molecule has 1 aliphatic rings. The second-order valence-corrected chi connectivity index (χ2v) is 4.72. The normalized spacial score (nSPS) is 15.0. The van der Waals surface area contributed by atoms with Gasteiger partial charge in [-0.05, 0) is 12.1 Å². The van der Waals surface area contributed by atoms with Crippen LogP contribution in [0.15, 0.2) is 59.2 Å². The monoisotopic (exact) mass is 292 g/mol. The van der Waals surface area contributed by atoms with Gasteiger partial charge in [0.15, 0.2) is 5.76 Å². The van der Waals surface area contributed by atoms with Gasteiger partial charge in [0.1, 0.15) is 5.69 Å². The first-order valence-electron chi connectivity index (χ1n) is 6.65. The van der Waals surface area contributed by atoms with Gasteiger partial charge in [-0.2, -0.15) is 0 Å². The molecular weight excluding hydrogens is 280 g/mol. The van der Waals surface area contributed by atoms with E-state index >= 15 is 0 Å². The van der Waals surface area contributed by atoms with Gasteiger partial charge in [-0.1, -0.05) is 30.3 Å². The van der Waals surface area contributed by atoms with Gasteiger partial charge >= 0.3 is 0 Å². The Morgan fingerprint density at radius 1 is 1.05 bits per heavy atom. The van der Waals surface area contributed by atoms with Crippen molar-refractivity contribution < 1.29 is 14.7 Å². The average molecular weight is 292 g/mol. The fourth-order valence-corrected chi connectivity index (χ4v) is 2.44. The van der Waals surface area contributed by atoms with Crippen LogP contribution in [0.1, 0.15) is 21.6 Å². The number of hydrogen-bond acceptors (Lipinski definition) is 5. The highest BCUT2D eigenvalue weighted by atomic mass is 16.3. The molecule has 0 fully saturated rings. The zero-order valence-corrected chi connectivity index (χ0v) is 11.8. The predicted molar refractivity (Wildman–Crippen MR) is 82.0 cm³/mol. The highest BCUT2D eigenvalue weighted by Crippen LogP contribution is 2.28. The quantitative estimate of drug-likeness (QED) is 0.680. The fraction of sp³-hybridized carbons (Fsp3) is 0.0588. The van der Waals surface area contributed by atoms with Crippen LogP contribution < -0.4 is 0 Å². The molecule has 1 aliphatic carbocycles. The van der Waals surface area contributed by atoms with E-state index in [1.807, 2.05) is 6.07 Å². The highest BCUT2D eigenvalue weighted by Gasteiger charge is 2.36. The van der Waals surface area contributed by atoms with Crippen molar-refractivity contribution in [2.45, 2.75) is 0 Å². The second-order valence-electron chi connectivity index (χ2n) is 4.72. The molecule has 0 bridgehead atoms. The maximum atomic E-state index is 12.4. The summed E-state index contributed by atoms with van der Waals surface area (Å²) in [5.74, 6) is -1.78. The number of fused-ring (bicyclic) bond motifs is 1. The van der Waals surface area contributed by atoms with E-state index in [2.05, 4.69) is 9.98 Å². The number of aliphatic imine (C=N–C) groups is 1. The van der Waals surface area contributed by atoms with Crippen LogP contribution in [0.25, 0.3) is 5.76 Å². The Balaban J connectivity index is 2.25. The summed E-state index contributed by atoms with van der Waals surface area (Å²) in [6, 6.07) is 12.0. The summed E-state index contributed by atoms with van der Waals surface area (Å²) in [5, 5.41) is 10.4. The van der Waals surface area contributed by atoms with Crippen molar-refractivity contribution in [3.8, 4) is 0 Å². The lowest BCUT2D eigenvalue weighted by Gasteiger charge is -2.18. The van der Waals surface area contributed by atoms with Gasteiger partial charge < -0.3 is 5.11 Å². The third-order valence-electron chi connectivity index (χ3n) is 3.45. The molecule has 1 aromatic heterocycles. The Hall–Kier alpha value is -3.08. The van der Waals surface area contributed by atoms with E-state index in [-0.39, 0.29) is 28.3 Å². The number of aliphatic hydroxyl groups is 1. The standard InChI is InChI=1S/C17H12N2O3/c1-18-13(10-6-3-2-4-7-10)12-16(21)14-11(8-5-9-19-14)15(20)17(12)22/h2-9,21H,1H3. The number of benzene rings is 1. The van der Waals surface area contributed by atoms with Crippen LogP contribution in [-0.2, 0) is 4.79 Å². The fourth-order valence-electron chi connectivity index (χ4n) is 2.44. The number of aliphatic hydroxyl groups excluding tert-OH is 1. The van der Waals surface area contributed by atoms with E-state index in [0.717, 1.165) is 0 Å². The van der Waals surface area contributed by atoms with Crippen molar-refractivity contribution in [1.29, 1.82) is 0 Å². The summed E-state index contributed by atoms with van der Waals surface area (Å²) in [5.41, 5.74) is 1.03. The van der Waals surface area contributed by atoms with E-state index in [1.54, 1.807) is 30.3 Å². The molecule has 108 valence electrons. The van der Waals surface area contributed by atoms with Crippen LogP contribution in [0.2, 0.25) is 0 Å². The number of carbonyl (C=O) groups excluding carboxylic acids is 2. The maximum absolute atomic E-state index is 12.4. The third-order valence-corrected chi connectivity index (χ3v) is 3.45. The summed E-state index contributed by atoms with van der Waals surface area (Å²) in [7, 11) is 1.51. The number of carbonyl (C=O) groups is 2. The lowest BCUT2D eigenvalue weighted by atomic mass is 9.87. The first kappa shape index (κ1) is 13.9. The summed E-state index contributed by atoms with van der Waals surface area (Å²) >= 11 is 0. The Morgan fingerprint density at radius 2 is 1.77 bits per heavy atom. The van der Waals surface area contributed by atoms with Crippen LogP contribution in [0.5, 0.6) is 0 Å². The average Bonchev–Trinajstić information content (AvgIpc) is 2.57. The molecule has 0 atom stereocenters. The highest BCUT2D eigenvalue weighted by molar-refractivity contribution is 6.58. The molecule has 5 nitrogen and oxygen atoms in total. The smallest absolute Gasteiger partial charge is 0.239 e. The number of nitrogens with zero attached hydrogens (tertiary/aromatic N) is 2. The van der Waals surface area contributed by atoms with Gasteiger partial charge in [-0.3, -0.25) is 19.6 Å². The Kier molecular flexibility index (Phi) is 3.39. The first-order valence-corrected chi connectivity index (χ1v) is 6.65.